The van der Waals surface area contributed by atoms with E-state index in [9.17, 15) is 13.2 Å². The lowest BCUT2D eigenvalue weighted by Crippen LogP contribution is -2.37. The summed E-state index contributed by atoms with van der Waals surface area (Å²) in [5.74, 6) is 0.186. The molecule has 0 saturated carbocycles. The van der Waals surface area contributed by atoms with Gasteiger partial charge in [0.25, 0.3) is 0 Å². The van der Waals surface area contributed by atoms with Crippen molar-refractivity contribution in [2.75, 3.05) is 43.5 Å². The van der Waals surface area contributed by atoms with Crippen LogP contribution in [0.5, 0.6) is 6.01 Å². The highest BCUT2D eigenvalue weighted by Gasteiger charge is 2.27. The van der Waals surface area contributed by atoms with E-state index >= 15 is 0 Å². The Hall–Kier alpha value is -1.84. The Labute approximate surface area is 112 Å². The minimum Gasteiger partial charge on any atom is -0.463 e. The maximum absolute atomic E-state index is 12.0. The number of hydrogen-bond donors (Lipinski definition) is 1. The lowest BCUT2D eigenvalue weighted by Gasteiger charge is -2.26. The SMILES string of the molecule is Nc1nc(OCCC(F)(F)F)nc(N2CCOCC2)n1. The molecule has 1 saturated heterocycles. The summed E-state index contributed by atoms with van der Waals surface area (Å²) in [4.78, 5) is 13.4. The summed E-state index contributed by atoms with van der Waals surface area (Å²) in [7, 11) is 0. The number of nitrogens with two attached hydrogens (primary N) is 1. The third kappa shape index (κ3) is 4.37. The highest BCUT2D eigenvalue weighted by molar-refractivity contribution is 5.36. The second-order valence-corrected chi connectivity index (χ2v) is 4.09. The zero-order valence-corrected chi connectivity index (χ0v) is 10.6. The molecule has 0 atom stereocenters. The van der Waals surface area contributed by atoms with Crippen molar-refractivity contribution in [1.82, 2.24) is 15.0 Å². The lowest BCUT2D eigenvalue weighted by molar-refractivity contribution is -0.139. The van der Waals surface area contributed by atoms with Gasteiger partial charge in [-0.3, -0.25) is 0 Å². The molecule has 1 aromatic rings. The number of nitrogen functional groups attached to an aromatic ring is 1. The first kappa shape index (κ1) is 14.6. The number of halogens is 3. The van der Waals surface area contributed by atoms with Gasteiger partial charge in [-0.05, 0) is 0 Å². The molecule has 1 aromatic heterocycles. The molecular weight excluding hydrogens is 279 g/mol. The highest BCUT2D eigenvalue weighted by atomic mass is 19.4. The van der Waals surface area contributed by atoms with Crippen molar-refractivity contribution in [2.24, 2.45) is 0 Å². The van der Waals surface area contributed by atoms with Crippen LogP contribution in [-0.2, 0) is 4.74 Å². The monoisotopic (exact) mass is 293 g/mol. The van der Waals surface area contributed by atoms with Gasteiger partial charge in [0, 0.05) is 13.1 Å². The van der Waals surface area contributed by atoms with E-state index in [1.54, 1.807) is 4.90 Å². The van der Waals surface area contributed by atoms with Gasteiger partial charge in [0.15, 0.2) is 0 Å². The van der Waals surface area contributed by atoms with Crippen molar-refractivity contribution >= 4 is 11.9 Å². The number of morpholine rings is 1. The Morgan fingerprint density at radius 3 is 2.55 bits per heavy atom. The number of rotatable bonds is 4. The fourth-order valence-electron chi connectivity index (χ4n) is 1.59. The molecule has 0 aromatic carbocycles. The van der Waals surface area contributed by atoms with Crippen LogP contribution < -0.4 is 15.4 Å². The second kappa shape index (κ2) is 6.07. The van der Waals surface area contributed by atoms with E-state index < -0.39 is 19.2 Å². The van der Waals surface area contributed by atoms with Crippen LogP contribution in [0.25, 0.3) is 0 Å². The number of anilines is 2. The number of hydrogen-bond acceptors (Lipinski definition) is 7. The minimum atomic E-state index is -4.29. The summed E-state index contributed by atoms with van der Waals surface area (Å²) < 4.78 is 46.1. The molecule has 0 unspecified atom stereocenters. The fourth-order valence-corrected chi connectivity index (χ4v) is 1.59. The van der Waals surface area contributed by atoms with Crippen molar-refractivity contribution in [2.45, 2.75) is 12.6 Å². The first-order chi connectivity index (χ1) is 9.44. The third-order valence-electron chi connectivity index (χ3n) is 2.53. The quantitative estimate of drug-likeness (QED) is 0.870. The number of nitrogens with zero attached hydrogens (tertiary/aromatic N) is 4. The summed E-state index contributed by atoms with van der Waals surface area (Å²) in [6.07, 6.45) is -5.36. The van der Waals surface area contributed by atoms with Gasteiger partial charge < -0.3 is 20.1 Å². The van der Waals surface area contributed by atoms with Crippen molar-refractivity contribution in [1.29, 1.82) is 0 Å². The van der Waals surface area contributed by atoms with Crippen LogP contribution >= 0.6 is 0 Å². The molecule has 2 rings (SSSR count). The zero-order valence-electron chi connectivity index (χ0n) is 10.6. The van der Waals surface area contributed by atoms with E-state index in [2.05, 4.69) is 15.0 Å². The van der Waals surface area contributed by atoms with Crippen LogP contribution in [0.3, 0.4) is 0 Å². The molecule has 7 nitrogen and oxygen atoms in total. The molecule has 0 amide bonds. The number of aromatic nitrogens is 3. The molecule has 0 radical (unpaired) electrons. The Kier molecular flexibility index (Phi) is 4.42. The first-order valence-corrected chi connectivity index (χ1v) is 5.98. The molecule has 0 bridgehead atoms. The first-order valence-electron chi connectivity index (χ1n) is 5.98. The van der Waals surface area contributed by atoms with Crippen molar-refractivity contribution in [3.8, 4) is 6.01 Å². The van der Waals surface area contributed by atoms with E-state index in [0.29, 0.717) is 26.3 Å². The highest BCUT2D eigenvalue weighted by Crippen LogP contribution is 2.20. The maximum atomic E-state index is 12.0. The Bertz CT molecular complexity index is 451. The average Bonchev–Trinajstić information content (AvgIpc) is 2.37. The lowest BCUT2D eigenvalue weighted by atomic mass is 10.4. The number of alkyl halides is 3. The van der Waals surface area contributed by atoms with Gasteiger partial charge >= 0.3 is 12.2 Å². The largest absolute Gasteiger partial charge is 0.463 e. The van der Waals surface area contributed by atoms with Crippen LogP contribution in [0.4, 0.5) is 25.1 Å². The van der Waals surface area contributed by atoms with E-state index in [0.717, 1.165) is 0 Å². The Morgan fingerprint density at radius 1 is 1.20 bits per heavy atom. The van der Waals surface area contributed by atoms with Crippen molar-refractivity contribution in [3.63, 3.8) is 0 Å². The molecule has 2 N–H and O–H groups in total. The van der Waals surface area contributed by atoms with Gasteiger partial charge in [0.2, 0.25) is 11.9 Å². The Balaban J connectivity index is 2.00. The molecule has 10 heteroatoms. The van der Waals surface area contributed by atoms with E-state index in [1.807, 2.05) is 0 Å². The van der Waals surface area contributed by atoms with Gasteiger partial charge in [0.05, 0.1) is 19.6 Å². The van der Waals surface area contributed by atoms with E-state index in [4.69, 9.17) is 15.2 Å². The van der Waals surface area contributed by atoms with Crippen LogP contribution in [0.1, 0.15) is 6.42 Å². The molecule has 20 heavy (non-hydrogen) atoms. The van der Waals surface area contributed by atoms with E-state index in [-0.39, 0.29) is 17.9 Å². The summed E-state index contributed by atoms with van der Waals surface area (Å²) >= 11 is 0. The minimum absolute atomic E-state index is 0.0940. The molecular formula is C10H14F3N5O2. The van der Waals surface area contributed by atoms with Crippen LogP contribution in [0.2, 0.25) is 0 Å². The fraction of sp³-hybridized carbons (Fsp3) is 0.700. The second-order valence-electron chi connectivity index (χ2n) is 4.09. The van der Waals surface area contributed by atoms with Gasteiger partial charge in [0.1, 0.15) is 6.61 Å². The van der Waals surface area contributed by atoms with Gasteiger partial charge in [-0.15, -0.1) is 0 Å². The van der Waals surface area contributed by atoms with Crippen LogP contribution in [-0.4, -0.2) is 54.0 Å². The molecule has 0 aliphatic carbocycles. The molecule has 1 aliphatic rings. The van der Waals surface area contributed by atoms with Crippen LogP contribution in [0, 0.1) is 0 Å². The summed E-state index contributed by atoms with van der Waals surface area (Å²) in [6.45, 7) is 1.64. The predicted molar refractivity (Wildman–Crippen MR) is 63.4 cm³/mol. The summed E-state index contributed by atoms with van der Waals surface area (Å²) in [5.41, 5.74) is 5.50. The van der Waals surface area contributed by atoms with Crippen LogP contribution in [0.15, 0.2) is 0 Å². The molecule has 2 heterocycles. The third-order valence-corrected chi connectivity index (χ3v) is 2.53. The molecule has 112 valence electrons. The number of ether oxygens (including phenoxy) is 2. The van der Waals surface area contributed by atoms with Gasteiger partial charge in [-0.25, -0.2) is 0 Å². The predicted octanol–water partition coefficient (Wildman–Crippen LogP) is 0.622. The van der Waals surface area contributed by atoms with Gasteiger partial charge in [-0.1, -0.05) is 0 Å². The zero-order chi connectivity index (χ0) is 14.6. The molecule has 1 fully saturated rings. The normalized spacial score (nSPS) is 16.2. The summed E-state index contributed by atoms with van der Waals surface area (Å²) in [5, 5.41) is 0. The Morgan fingerprint density at radius 2 is 1.90 bits per heavy atom. The average molecular weight is 293 g/mol. The maximum Gasteiger partial charge on any atom is 0.392 e. The van der Waals surface area contributed by atoms with Crippen molar-refractivity contribution < 1.29 is 22.6 Å². The smallest absolute Gasteiger partial charge is 0.392 e. The standard InChI is InChI=1S/C10H14F3N5O2/c11-10(12,13)1-4-20-9-16-7(14)15-8(17-9)18-2-5-19-6-3-18/h1-6H2,(H2,14,15,16,17). The molecule has 1 aliphatic heterocycles. The summed E-state index contributed by atoms with van der Waals surface area (Å²) in [6, 6.07) is -0.205. The van der Waals surface area contributed by atoms with E-state index in [1.165, 1.54) is 0 Å². The van der Waals surface area contributed by atoms with Gasteiger partial charge in [-0.2, -0.15) is 28.1 Å². The topological polar surface area (TPSA) is 86.4 Å². The molecule has 0 spiro atoms. The van der Waals surface area contributed by atoms with Crippen molar-refractivity contribution in [3.05, 3.63) is 0 Å².